The molecule has 0 spiro atoms. The zero-order valence-corrected chi connectivity index (χ0v) is 12.4. The van der Waals surface area contributed by atoms with E-state index in [4.69, 9.17) is 0 Å². The number of carbonyl (C=O) groups is 2. The second-order valence-corrected chi connectivity index (χ2v) is 6.06. The molecule has 0 aromatic heterocycles. The van der Waals surface area contributed by atoms with Gasteiger partial charge in [-0.05, 0) is 0 Å². The van der Waals surface area contributed by atoms with Crippen LogP contribution in [0.1, 0.15) is 12.0 Å². The topological polar surface area (TPSA) is 61.8 Å². The van der Waals surface area contributed by atoms with Gasteiger partial charge in [0.2, 0.25) is 11.8 Å². The van der Waals surface area contributed by atoms with Crippen LogP contribution in [0.5, 0.6) is 0 Å². The fourth-order valence-corrected chi connectivity index (χ4v) is 3.47. The highest BCUT2D eigenvalue weighted by Crippen LogP contribution is 2.24. The number of aliphatic imine (C=N–C) groups is 1. The molecule has 2 aliphatic heterocycles. The third kappa shape index (κ3) is 3.26. The first-order chi connectivity index (χ1) is 10.2. The average molecular weight is 303 g/mol. The molecule has 3 rings (SSSR count). The van der Waals surface area contributed by atoms with E-state index in [0.29, 0.717) is 31.8 Å². The molecule has 21 heavy (non-hydrogen) atoms. The molecule has 2 aliphatic rings. The summed E-state index contributed by atoms with van der Waals surface area (Å²) in [5.74, 6) is 0.727. The molecule has 2 heterocycles. The Balaban J connectivity index is 1.69. The highest BCUT2D eigenvalue weighted by atomic mass is 32.2. The molecule has 1 unspecified atom stereocenters. The summed E-state index contributed by atoms with van der Waals surface area (Å²) in [6.45, 7) is 1.59. The summed E-state index contributed by atoms with van der Waals surface area (Å²) >= 11 is 1.62. The van der Waals surface area contributed by atoms with Crippen LogP contribution in [0.3, 0.4) is 0 Å². The predicted octanol–water partition coefficient (Wildman–Crippen LogP) is 0.897. The van der Waals surface area contributed by atoms with Crippen molar-refractivity contribution < 1.29 is 9.59 Å². The first-order valence-electron chi connectivity index (χ1n) is 7.05. The fourth-order valence-electron chi connectivity index (χ4n) is 2.44. The second-order valence-electron chi connectivity index (χ2n) is 5.05. The Kier molecular flexibility index (Phi) is 4.24. The van der Waals surface area contributed by atoms with Crippen molar-refractivity contribution in [2.24, 2.45) is 4.99 Å². The Hall–Kier alpha value is -1.82. The first-order valence-corrected chi connectivity index (χ1v) is 8.04. The molecule has 0 saturated carbocycles. The lowest BCUT2D eigenvalue weighted by atomic mass is 10.2. The predicted molar refractivity (Wildman–Crippen MR) is 83.4 cm³/mol. The summed E-state index contributed by atoms with van der Waals surface area (Å²) in [6, 6.07) is 9.60. The third-order valence-corrected chi connectivity index (χ3v) is 4.68. The Labute approximate surface area is 127 Å². The minimum absolute atomic E-state index is 0.0135. The molecule has 1 saturated heterocycles. The maximum atomic E-state index is 12.5. The summed E-state index contributed by atoms with van der Waals surface area (Å²) < 4.78 is 0. The van der Waals surface area contributed by atoms with Crippen LogP contribution in [0, 0.1) is 0 Å². The lowest BCUT2D eigenvalue weighted by Gasteiger charge is -2.21. The number of hydrogen-bond acceptors (Lipinski definition) is 4. The Morgan fingerprint density at radius 2 is 2.10 bits per heavy atom. The minimum atomic E-state index is -0.321. The van der Waals surface area contributed by atoms with Gasteiger partial charge in [0.05, 0.1) is 5.04 Å². The summed E-state index contributed by atoms with van der Waals surface area (Å²) in [5, 5.41) is 3.71. The Morgan fingerprint density at radius 1 is 1.29 bits per heavy atom. The van der Waals surface area contributed by atoms with Gasteiger partial charge in [0, 0.05) is 37.4 Å². The third-order valence-electron chi connectivity index (χ3n) is 3.58. The molecular weight excluding hydrogens is 286 g/mol. The maximum absolute atomic E-state index is 12.5. The van der Waals surface area contributed by atoms with Gasteiger partial charge < -0.3 is 10.2 Å². The smallest absolute Gasteiger partial charge is 0.248 e. The van der Waals surface area contributed by atoms with Crippen molar-refractivity contribution in [3.63, 3.8) is 0 Å². The van der Waals surface area contributed by atoms with E-state index in [9.17, 15) is 9.59 Å². The highest BCUT2D eigenvalue weighted by molar-refractivity contribution is 8.14. The van der Waals surface area contributed by atoms with E-state index >= 15 is 0 Å². The number of benzene rings is 1. The van der Waals surface area contributed by atoms with Crippen LogP contribution in [0.25, 0.3) is 0 Å². The number of nitrogens with zero attached hydrogens (tertiary/aromatic N) is 2. The van der Waals surface area contributed by atoms with Crippen molar-refractivity contribution in [1.29, 1.82) is 0 Å². The van der Waals surface area contributed by atoms with Crippen LogP contribution < -0.4 is 5.32 Å². The molecule has 1 aromatic rings. The lowest BCUT2D eigenvalue weighted by Crippen LogP contribution is -2.40. The molecule has 1 fully saturated rings. The summed E-state index contributed by atoms with van der Waals surface area (Å²) in [6.07, 6.45) is 0.376. The van der Waals surface area contributed by atoms with E-state index in [1.807, 2.05) is 30.3 Å². The van der Waals surface area contributed by atoms with Crippen LogP contribution in [-0.4, -0.2) is 53.2 Å². The fraction of sp³-hybridized carbons (Fsp3) is 0.400. The Morgan fingerprint density at radius 3 is 2.90 bits per heavy atom. The van der Waals surface area contributed by atoms with Gasteiger partial charge in [0.1, 0.15) is 6.04 Å². The second kappa shape index (κ2) is 6.30. The standard InChI is InChI=1S/C15H17N3O2S/c19-13-6-8-18(9-7-16-13)15(20)12-10-21-14(17-12)11-4-2-1-3-5-11/h1-5,12H,6-10H2,(H,16,19). The number of nitrogens with one attached hydrogen (secondary N) is 1. The van der Waals surface area contributed by atoms with Crippen LogP contribution in [0.2, 0.25) is 0 Å². The summed E-state index contributed by atoms with van der Waals surface area (Å²) in [4.78, 5) is 30.1. The molecule has 5 nitrogen and oxygen atoms in total. The molecular formula is C15H17N3O2S. The quantitative estimate of drug-likeness (QED) is 0.883. The van der Waals surface area contributed by atoms with E-state index in [0.717, 1.165) is 10.6 Å². The molecule has 6 heteroatoms. The largest absolute Gasteiger partial charge is 0.354 e. The van der Waals surface area contributed by atoms with Crippen molar-refractivity contribution in [2.45, 2.75) is 12.5 Å². The van der Waals surface area contributed by atoms with Gasteiger partial charge in [-0.3, -0.25) is 14.6 Å². The molecule has 0 bridgehead atoms. The van der Waals surface area contributed by atoms with Gasteiger partial charge in [-0.1, -0.05) is 30.3 Å². The van der Waals surface area contributed by atoms with Gasteiger partial charge in [0.15, 0.2) is 0 Å². The molecule has 110 valence electrons. The van der Waals surface area contributed by atoms with E-state index < -0.39 is 0 Å². The number of carbonyl (C=O) groups excluding carboxylic acids is 2. The van der Waals surface area contributed by atoms with E-state index in [1.54, 1.807) is 16.7 Å². The minimum Gasteiger partial charge on any atom is -0.354 e. The van der Waals surface area contributed by atoms with Crippen LogP contribution >= 0.6 is 11.8 Å². The van der Waals surface area contributed by atoms with Gasteiger partial charge in [-0.15, -0.1) is 11.8 Å². The number of thioether (sulfide) groups is 1. The van der Waals surface area contributed by atoms with E-state index in [-0.39, 0.29) is 17.9 Å². The zero-order chi connectivity index (χ0) is 14.7. The number of rotatable bonds is 2. The van der Waals surface area contributed by atoms with Gasteiger partial charge in [0.25, 0.3) is 0 Å². The lowest BCUT2D eigenvalue weighted by molar-refractivity contribution is -0.131. The zero-order valence-electron chi connectivity index (χ0n) is 11.6. The van der Waals surface area contributed by atoms with Gasteiger partial charge >= 0.3 is 0 Å². The van der Waals surface area contributed by atoms with Gasteiger partial charge in [-0.25, -0.2) is 0 Å². The average Bonchev–Trinajstić information content (AvgIpc) is 2.91. The molecule has 0 aliphatic carbocycles. The van der Waals surface area contributed by atoms with Crippen molar-refractivity contribution in [3.8, 4) is 0 Å². The highest BCUT2D eigenvalue weighted by Gasteiger charge is 2.30. The van der Waals surface area contributed by atoms with Crippen LogP contribution in [0.4, 0.5) is 0 Å². The summed E-state index contributed by atoms with van der Waals surface area (Å²) in [7, 11) is 0. The van der Waals surface area contributed by atoms with E-state index in [2.05, 4.69) is 10.3 Å². The monoisotopic (exact) mass is 303 g/mol. The van der Waals surface area contributed by atoms with Crippen molar-refractivity contribution in [2.75, 3.05) is 25.4 Å². The van der Waals surface area contributed by atoms with Gasteiger partial charge in [-0.2, -0.15) is 0 Å². The normalized spacial score (nSPS) is 22.5. The van der Waals surface area contributed by atoms with E-state index in [1.165, 1.54) is 0 Å². The molecule has 1 N–H and O–H groups in total. The Bertz CT molecular complexity index is 574. The molecule has 2 amide bonds. The first kappa shape index (κ1) is 14.1. The number of amides is 2. The van der Waals surface area contributed by atoms with Crippen LogP contribution in [-0.2, 0) is 9.59 Å². The van der Waals surface area contributed by atoms with Crippen molar-refractivity contribution >= 4 is 28.6 Å². The molecule has 1 atom stereocenters. The molecule has 0 radical (unpaired) electrons. The summed E-state index contributed by atoms with van der Waals surface area (Å²) in [5.41, 5.74) is 1.06. The maximum Gasteiger partial charge on any atom is 0.248 e. The van der Waals surface area contributed by atoms with Crippen molar-refractivity contribution in [3.05, 3.63) is 35.9 Å². The number of hydrogen-bond donors (Lipinski definition) is 1. The molecule has 1 aromatic carbocycles. The SMILES string of the molecule is O=C1CCN(C(=O)C2CSC(c3ccccc3)=N2)CCN1. The van der Waals surface area contributed by atoms with Crippen LogP contribution in [0.15, 0.2) is 35.3 Å². The van der Waals surface area contributed by atoms with Crippen molar-refractivity contribution in [1.82, 2.24) is 10.2 Å².